The van der Waals surface area contributed by atoms with Crippen molar-refractivity contribution >= 4 is 11.6 Å². The van der Waals surface area contributed by atoms with E-state index in [4.69, 9.17) is 11.6 Å². The second-order valence-electron chi connectivity index (χ2n) is 3.89. The van der Waals surface area contributed by atoms with E-state index < -0.39 is 0 Å². The van der Waals surface area contributed by atoms with Crippen molar-refractivity contribution < 1.29 is 0 Å². The summed E-state index contributed by atoms with van der Waals surface area (Å²) in [5, 5.41) is 4.06. The molecule has 2 heterocycles. The maximum atomic E-state index is 5.86. The lowest BCUT2D eigenvalue weighted by Gasteiger charge is -2.09. The van der Waals surface area contributed by atoms with Crippen molar-refractivity contribution in [3.05, 3.63) is 36.0 Å². The van der Waals surface area contributed by atoms with E-state index >= 15 is 0 Å². The monoisotopic (exact) mass is 236 g/mol. The van der Waals surface area contributed by atoms with Crippen LogP contribution < -0.4 is 0 Å². The van der Waals surface area contributed by atoms with E-state index in [1.54, 1.807) is 11.0 Å². The molecule has 2 rings (SSSR count). The second-order valence-corrected chi connectivity index (χ2v) is 4.15. The minimum absolute atomic E-state index is 0.366. The minimum atomic E-state index is 0.366. The SMILES string of the molecule is CC(C)c1cc(CCl)cc(-n2cncn2)n1. The lowest BCUT2D eigenvalue weighted by Crippen LogP contribution is -2.03. The van der Waals surface area contributed by atoms with Crippen molar-refractivity contribution in [2.45, 2.75) is 25.6 Å². The van der Waals surface area contributed by atoms with Gasteiger partial charge in [0.2, 0.25) is 0 Å². The van der Waals surface area contributed by atoms with E-state index in [9.17, 15) is 0 Å². The Labute approximate surface area is 99.3 Å². The number of hydrogen-bond acceptors (Lipinski definition) is 3. The van der Waals surface area contributed by atoms with Crippen molar-refractivity contribution in [2.75, 3.05) is 0 Å². The average molecular weight is 237 g/mol. The fourth-order valence-corrected chi connectivity index (χ4v) is 1.57. The van der Waals surface area contributed by atoms with Crippen molar-refractivity contribution in [2.24, 2.45) is 0 Å². The standard InChI is InChI=1S/C11H13ClN4/c1-8(2)10-3-9(5-12)4-11(15-10)16-7-13-6-14-16/h3-4,6-8H,5H2,1-2H3. The van der Waals surface area contributed by atoms with Crippen LogP contribution in [0.3, 0.4) is 0 Å². The third kappa shape index (κ3) is 2.22. The molecule has 0 fully saturated rings. The average Bonchev–Trinajstić information content (AvgIpc) is 2.81. The predicted octanol–water partition coefficient (Wildman–Crippen LogP) is 2.52. The van der Waals surface area contributed by atoms with E-state index in [2.05, 4.69) is 28.9 Å². The lowest BCUT2D eigenvalue weighted by atomic mass is 10.1. The van der Waals surface area contributed by atoms with Crippen LogP contribution in [-0.4, -0.2) is 19.7 Å². The zero-order valence-electron chi connectivity index (χ0n) is 9.26. The van der Waals surface area contributed by atoms with Crippen molar-refractivity contribution in [3.63, 3.8) is 0 Å². The summed E-state index contributed by atoms with van der Waals surface area (Å²) in [6.45, 7) is 4.21. The molecule has 0 aliphatic rings. The lowest BCUT2D eigenvalue weighted by molar-refractivity contribution is 0.780. The van der Waals surface area contributed by atoms with E-state index in [0.29, 0.717) is 11.8 Å². The van der Waals surface area contributed by atoms with Gasteiger partial charge in [-0.1, -0.05) is 13.8 Å². The zero-order chi connectivity index (χ0) is 11.5. The van der Waals surface area contributed by atoms with Crippen LogP contribution in [0, 0.1) is 0 Å². The van der Waals surface area contributed by atoms with Gasteiger partial charge in [0.1, 0.15) is 12.7 Å². The van der Waals surface area contributed by atoms with Gasteiger partial charge < -0.3 is 0 Å². The van der Waals surface area contributed by atoms with Gasteiger partial charge >= 0.3 is 0 Å². The van der Waals surface area contributed by atoms with Gasteiger partial charge in [-0.2, -0.15) is 5.10 Å². The summed E-state index contributed by atoms with van der Waals surface area (Å²) in [5.74, 6) is 1.61. The molecule has 16 heavy (non-hydrogen) atoms. The molecule has 2 aromatic rings. The van der Waals surface area contributed by atoms with Gasteiger partial charge in [0.05, 0.1) is 0 Å². The van der Waals surface area contributed by atoms with Crippen molar-refractivity contribution in [1.29, 1.82) is 0 Å². The fourth-order valence-electron chi connectivity index (χ4n) is 1.41. The van der Waals surface area contributed by atoms with Crippen molar-refractivity contribution in [3.8, 4) is 5.82 Å². The molecule has 0 bridgehead atoms. The summed E-state index contributed by atoms with van der Waals surface area (Å²) in [6, 6.07) is 3.95. The van der Waals surface area contributed by atoms with Crippen LogP contribution in [-0.2, 0) is 5.88 Å². The zero-order valence-corrected chi connectivity index (χ0v) is 10.0. The number of rotatable bonds is 3. The first-order valence-corrected chi connectivity index (χ1v) is 5.66. The van der Waals surface area contributed by atoms with Crippen LogP contribution >= 0.6 is 11.6 Å². The molecule has 0 radical (unpaired) electrons. The molecule has 0 saturated carbocycles. The molecule has 0 atom stereocenters. The molecule has 0 amide bonds. The molecule has 84 valence electrons. The van der Waals surface area contributed by atoms with Crippen LogP contribution in [0.4, 0.5) is 0 Å². The van der Waals surface area contributed by atoms with Crippen molar-refractivity contribution in [1.82, 2.24) is 19.7 Å². The van der Waals surface area contributed by atoms with E-state index in [0.717, 1.165) is 17.1 Å². The number of pyridine rings is 1. The molecule has 0 aliphatic carbocycles. The van der Waals surface area contributed by atoms with Crippen LogP contribution in [0.25, 0.3) is 5.82 Å². The highest BCUT2D eigenvalue weighted by Crippen LogP contribution is 2.17. The molecule has 4 nitrogen and oxygen atoms in total. The Morgan fingerprint density at radius 3 is 2.75 bits per heavy atom. The highest BCUT2D eigenvalue weighted by atomic mass is 35.5. The molecule has 0 unspecified atom stereocenters. The molecule has 2 aromatic heterocycles. The number of nitrogens with zero attached hydrogens (tertiary/aromatic N) is 4. The first-order chi connectivity index (χ1) is 7.70. The topological polar surface area (TPSA) is 43.6 Å². The second kappa shape index (κ2) is 4.61. The summed E-state index contributed by atoms with van der Waals surface area (Å²) in [5.41, 5.74) is 2.06. The van der Waals surface area contributed by atoms with Crippen LogP contribution in [0.2, 0.25) is 0 Å². The highest BCUT2D eigenvalue weighted by Gasteiger charge is 2.07. The Kier molecular flexibility index (Phi) is 3.19. The maximum absolute atomic E-state index is 5.86. The highest BCUT2D eigenvalue weighted by molar-refractivity contribution is 6.17. The molecular weight excluding hydrogens is 224 g/mol. The van der Waals surface area contributed by atoms with Crippen LogP contribution in [0.1, 0.15) is 31.0 Å². The number of hydrogen-bond donors (Lipinski definition) is 0. The first-order valence-electron chi connectivity index (χ1n) is 5.12. The summed E-state index contributed by atoms with van der Waals surface area (Å²) >= 11 is 5.86. The Bertz CT molecular complexity index is 465. The number of alkyl halides is 1. The minimum Gasteiger partial charge on any atom is -0.233 e. The van der Waals surface area contributed by atoms with Gasteiger partial charge in [0.25, 0.3) is 0 Å². The van der Waals surface area contributed by atoms with Gasteiger partial charge in [0.15, 0.2) is 5.82 Å². The van der Waals surface area contributed by atoms with E-state index in [-0.39, 0.29) is 0 Å². The van der Waals surface area contributed by atoms with Gasteiger partial charge in [-0.15, -0.1) is 11.6 Å². The number of halogens is 1. The van der Waals surface area contributed by atoms with Gasteiger partial charge in [-0.05, 0) is 23.6 Å². The van der Waals surface area contributed by atoms with Gasteiger partial charge in [-0.3, -0.25) is 0 Å². The maximum Gasteiger partial charge on any atom is 0.155 e. The summed E-state index contributed by atoms with van der Waals surface area (Å²) < 4.78 is 1.64. The normalized spacial score (nSPS) is 11.0. The van der Waals surface area contributed by atoms with Crippen LogP contribution in [0.15, 0.2) is 24.8 Å². The van der Waals surface area contributed by atoms with Gasteiger partial charge in [-0.25, -0.2) is 14.6 Å². The number of aromatic nitrogens is 4. The predicted molar refractivity (Wildman–Crippen MR) is 62.8 cm³/mol. The summed E-state index contributed by atoms with van der Waals surface area (Å²) in [6.07, 6.45) is 3.12. The fraction of sp³-hybridized carbons (Fsp3) is 0.364. The molecule has 0 aliphatic heterocycles. The Hall–Kier alpha value is -1.42. The largest absolute Gasteiger partial charge is 0.233 e. The summed E-state index contributed by atoms with van der Waals surface area (Å²) in [7, 11) is 0. The molecule has 0 N–H and O–H groups in total. The summed E-state index contributed by atoms with van der Waals surface area (Å²) in [4.78, 5) is 8.43. The molecule has 0 aromatic carbocycles. The van der Waals surface area contributed by atoms with Gasteiger partial charge in [0, 0.05) is 11.6 Å². The van der Waals surface area contributed by atoms with E-state index in [1.165, 1.54) is 6.33 Å². The first kappa shape index (κ1) is 11.1. The van der Waals surface area contributed by atoms with E-state index in [1.807, 2.05) is 12.1 Å². The van der Waals surface area contributed by atoms with Crippen LogP contribution in [0.5, 0.6) is 0 Å². The Balaban J connectivity index is 2.49. The third-order valence-electron chi connectivity index (χ3n) is 2.29. The molecule has 0 saturated heterocycles. The third-order valence-corrected chi connectivity index (χ3v) is 2.60. The Morgan fingerprint density at radius 1 is 1.38 bits per heavy atom. The quantitative estimate of drug-likeness (QED) is 0.770. The molecule has 5 heteroatoms. The molecular formula is C11H13ClN4. The smallest absolute Gasteiger partial charge is 0.155 e. The molecule has 0 spiro atoms. The Morgan fingerprint density at radius 2 is 2.19 bits per heavy atom.